The number of aliphatic hydroxyl groups is 9. The Kier molecular flexibility index (Phi) is 13.0. The zero-order chi connectivity index (χ0) is 45.9. The Hall–Kier alpha value is -1.35. The average Bonchev–Trinajstić information content (AvgIpc) is 3.64. The van der Waals surface area contributed by atoms with E-state index in [1.54, 1.807) is 6.92 Å². The van der Waals surface area contributed by atoms with E-state index in [9.17, 15) is 50.8 Å². The molecule has 3 aliphatic heterocycles. The van der Waals surface area contributed by atoms with Gasteiger partial charge in [-0.25, -0.2) is 0 Å². The largest absolute Gasteiger partial charge is 0.432 e. The van der Waals surface area contributed by atoms with Crippen LogP contribution in [0.4, 0.5) is 0 Å². The minimum atomic E-state index is -1.67. The fraction of sp³-hybridized carbons (Fsp3) is 0.936. The van der Waals surface area contributed by atoms with Gasteiger partial charge in [0, 0.05) is 0 Å². The Bertz CT molecular complexity index is 1700. The summed E-state index contributed by atoms with van der Waals surface area (Å²) in [5.41, 5.74) is -0.412. The van der Waals surface area contributed by atoms with E-state index in [1.165, 1.54) is 0 Å². The third kappa shape index (κ3) is 7.33. The van der Waals surface area contributed by atoms with Crippen molar-refractivity contribution in [1.82, 2.24) is 0 Å². The number of allylic oxidation sites excluding steroid dienone is 1. The maximum absolute atomic E-state index is 14.7. The molecule has 0 aromatic heterocycles. The van der Waals surface area contributed by atoms with Crippen molar-refractivity contribution in [1.29, 1.82) is 0 Å². The Balaban J connectivity index is 1.01. The molecule has 8 aliphatic rings. The number of aliphatic hydroxyl groups excluding tert-OH is 9. The fourth-order valence-electron chi connectivity index (χ4n) is 15.6. The van der Waals surface area contributed by atoms with E-state index in [2.05, 4.69) is 48.1 Å². The molecule has 16 nitrogen and oxygen atoms in total. The van der Waals surface area contributed by atoms with E-state index >= 15 is 0 Å². The standard InChI is InChI=1S/C47H76O16/c1-21(2)23-11-16-47(42(57)63-40-37(56)35(54)33(52)26(19-48)60-40)18-17-45(7)24(30(23)47)9-10-28-44(6)14-13-29(43(4,5)27(44)12-15-46(28,45)8)61-41-38(32(51)25(49)20-58-41)62-39-36(55)34(53)31(50)22(3)59-39/h22-41,48-56H,1,9-20H2,2-8H3/t22-,23-,24+,25+,26+,27-,28+,29-,30+,31-,32-,33+,34+,35-,36+,37+,38+,39-,40-,41-,44-,45+,46+,47-/m0/s1. The lowest BCUT2D eigenvalue weighted by Crippen LogP contribution is -2.68. The molecule has 0 unspecified atom stereocenters. The van der Waals surface area contributed by atoms with Crippen molar-refractivity contribution >= 4 is 5.97 Å². The van der Waals surface area contributed by atoms with Gasteiger partial charge >= 0.3 is 5.97 Å². The van der Waals surface area contributed by atoms with Crippen LogP contribution >= 0.6 is 0 Å². The van der Waals surface area contributed by atoms with Crippen LogP contribution < -0.4 is 0 Å². The minimum Gasteiger partial charge on any atom is -0.432 e. The molecule has 5 aliphatic carbocycles. The van der Waals surface area contributed by atoms with E-state index in [0.717, 1.165) is 50.5 Å². The van der Waals surface area contributed by atoms with Gasteiger partial charge in [-0.1, -0.05) is 46.8 Å². The predicted molar refractivity (Wildman–Crippen MR) is 223 cm³/mol. The number of carbonyl (C=O) groups excluding carboxylic acids is 1. The van der Waals surface area contributed by atoms with Crippen molar-refractivity contribution < 1.29 is 79.2 Å². The maximum Gasteiger partial charge on any atom is 0.314 e. The molecular weight excluding hydrogens is 821 g/mol. The monoisotopic (exact) mass is 897 g/mol. The van der Waals surface area contributed by atoms with Gasteiger partial charge in [0.05, 0.1) is 30.8 Å². The van der Waals surface area contributed by atoms with Gasteiger partial charge in [0.1, 0.15) is 61.0 Å². The summed E-state index contributed by atoms with van der Waals surface area (Å²) in [7, 11) is 0. The number of hydrogen-bond acceptors (Lipinski definition) is 16. The third-order valence-electron chi connectivity index (χ3n) is 19.3. The van der Waals surface area contributed by atoms with Gasteiger partial charge < -0.3 is 74.4 Å². The second-order valence-electron chi connectivity index (χ2n) is 22.5. The first-order valence-electron chi connectivity index (χ1n) is 23.6. The number of ether oxygens (including phenoxy) is 6. The van der Waals surface area contributed by atoms with Gasteiger partial charge in [-0.05, 0) is 129 Å². The highest BCUT2D eigenvalue weighted by Crippen LogP contribution is 2.78. The predicted octanol–water partition coefficient (Wildman–Crippen LogP) is 1.66. The lowest BCUT2D eigenvalue weighted by atomic mass is 9.32. The zero-order valence-electron chi connectivity index (χ0n) is 38.1. The van der Waals surface area contributed by atoms with Crippen LogP contribution in [0.3, 0.4) is 0 Å². The zero-order valence-corrected chi connectivity index (χ0v) is 38.1. The van der Waals surface area contributed by atoms with E-state index < -0.39 is 104 Å². The lowest BCUT2D eigenvalue weighted by Gasteiger charge is -2.73. The smallest absolute Gasteiger partial charge is 0.314 e. The van der Waals surface area contributed by atoms with Crippen LogP contribution in [0.25, 0.3) is 0 Å². The lowest BCUT2D eigenvalue weighted by molar-refractivity contribution is -0.365. The van der Waals surface area contributed by atoms with Crippen LogP contribution in [0.2, 0.25) is 0 Å². The van der Waals surface area contributed by atoms with Crippen LogP contribution in [0.15, 0.2) is 12.2 Å². The van der Waals surface area contributed by atoms with E-state index in [1.807, 2.05) is 0 Å². The van der Waals surface area contributed by atoms with Crippen LogP contribution in [0.1, 0.15) is 113 Å². The second kappa shape index (κ2) is 17.0. The molecule has 9 N–H and O–H groups in total. The van der Waals surface area contributed by atoms with E-state index in [-0.39, 0.29) is 58.0 Å². The Labute approximate surface area is 371 Å². The molecule has 16 heteroatoms. The molecule has 0 radical (unpaired) electrons. The summed E-state index contributed by atoms with van der Waals surface area (Å²) >= 11 is 0. The summed E-state index contributed by atoms with van der Waals surface area (Å²) in [5.74, 6) is 0.399. The van der Waals surface area contributed by atoms with Crippen LogP contribution in [-0.2, 0) is 33.2 Å². The first-order valence-corrected chi connectivity index (χ1v) is 23.6. The molecule has 63 heavy (non-hydrogen) atoms. The Morgan fingerprint density at radius 2 is 1.37 bits per heavy atom. The molecule has 3 saturated heterocycles. The van der Waals surface area contributed by atoms with E-state index in [0.29, 0.717) is 25.2 Å². The molecule has 5 saturated carbocycles. The van der Waals surface area contributed by atoms with Gasteiger partial charge in [0.2, 0.25) is 6.29 Å². The van der Waals surface area contributed by atoms with E-state index in [4.69, 9.17) is 28.4 Å². The second-order valence-corrected chi connectivity index (χ2v) is 22.5. The number of rotatable bonds is 8. The summed E-state index contributed by atoms with van der Waals surface area (Å²) in [6.45, 7) is 19.1. The third-order valence-corrected chi connectivity index (χ3v) is 19.3. The number of hydrogen-bond donors (Lipinski definition) is 9. The van der Waals surface area contributed by atoms with Crippen molar-refractivity contribution in [2.75, 3.05) is 13.2 Å². The fourth-order valence-corrected chi connectivity index (χ4v) is 15.6. The highest BCUT2D eigenvalue weighted by Gasteiger charge is 2.73. The quantitative estimate of drug-likeness (QED) is 0.0955. The normalized spacial score (nSPS) is 55.4. The highest BCUT2D eigenvalue weighted by atomic mass is 16.8. The van der Waals surface area contributed by atoms with Gasteiger partial charge in [-0.2, -0.15) is 0 Å². The van der Waals surface area contributed by atoms with Crippen LogP contribution in [0.5, 0.6) is 0 Å². The van der Waals surface area contributed by atoms with Crippen LogP contribution in [-0.4, -0.2) is 157 Å². The highest BCUT2D eigenvalue weighted by molar-refractivity contribution is 5.78. The Morgan fingerprint density at radius 3 is 2.05 bits per heavy atom. The number of esters is 1. The van der Waals surface area contributed by atoms with Crippen molar-refractivity contribution in [2.45, 2.75) is 205 Å². The molecule has 0 spiro atoms. The van der Waals surface area contributed by atoms with Crippen molar-refractivity contribution in [3.8, 4) is 0 Å². The van der Waals surface area contributed by atoms with Gasteiger partial charge in [-0.3, -0.25) is 4.79 Å². The Morgan fingerprint density at radius 1 is 0.683 bits per heavy atom. The molecule has 0 aromatic rings. The molecule has 0 amide bonds. The topological polar surface area (TPSA) is 255 Å². The summed E-state index contributed by atoms with van der Waals surface area (Å²) in [6, 6.07) is 0. The van der Waals surface area contributed by atoms with Crippen molar-refractivity contribution in [3.05, 3.63) is 12.2 Å². The molecule has 0 aromatic carbocycles. The maximum atomic E-state index is 14.7. The first kappa shape index (κ1) is 48.1. The molecule has 360 valence electrons. The summed E-state index contributed by atoms with van der Waals surface area (Å²) < 4.78 is 36.2. The molecule has 8 fully saturated rings. The summed E-state index contributed by atoms with van der Waals surface area (Å²) in [4.78, 5) is 14.7. The van der Waals surface area contributed by atoms with Gasteiger partial charge in [-0.15, -0.1) is 0 Å². The van der Waals surface area contributed by atoms with Crippen LogP contribution in [0, 0.1) is 56.7 Å². The number of carbonyl (C=O) groups is 1. The molecule has 0 bridgehead atoms. The summed E-state index contributed by atoms with van der Waals surface area (Å²) in [6.07, 6.45) is -11.5. The number of fused-ring (bicyclic) bond motifs is 7. The molecule has 3 heterocycles. The van der Waals surface area contributed by atoms with Crippen molar-refractivity contribution in [3.63, 3.8) is 0 Å². The van der Waals surface area contributed by atoms with Gasteiger partial charge in [0.25, 0.3) is 0 Å². The molecule has 24 atom stereocenters. The minimum absolute atomic E-state index is 0.0498. The average molecular weight is 897 g/mol. The van der Waals surface area contributed by atoms with Crippen molar-refractivity contribution in [2.24, 2.45) is 56.7 Å². The summed E-state index contributed by atoms with van der Waals surface area (Å²) in [5, 5.41) is 94.8. The molecular formula is C47H76O16. The van der Waals surface area contributed by atoms with Gasteiger partial charge in [0.15, 0.2) is 12.6 Å². The molecule has 8 rings (SSSR count). The SMILES string of the molecule is C=C(C)[C@@H]1CC[C@]2(C(=O)O[C@@H]3O[C@H](CO)[C@@H](O)[C@H](O)[C@H]3O)CC[C@]3(C)[C@H](CC[C@@H]4[C@@]5(C)CC[C@H](O[C@@H]6OC[C@@H](O)[C@H](O)[C@H]6O[C@@H]6O[C@@H](C)[C@H](O)[C@@H](O)[C@H]6O)C(C)(C)[C@@H]5CC[C@]43C)[C@@H]12. The first-order chi connectivity index (χ1) is 29.5.